The van der Waals surface area contributed by atoms with E-state index in [0.717, 1.165) is 48.0 Å². The second-order valence-corrected chi connectivity index (χ2v) is 15.2. The summed E-state index contributed by atoms with van der Waals surface area (Å²) >= 11 is 0. The number of benzene rings is 2. The highest BCUT2D eigenvalue weighted by Gasteiger charge is 2.51. The van der Waals surface area contributed by atoms with E-state index in [4.69, 9.17) is 0 Å². The molecule has 0 saturated heterocycles. The molecule has 1 atom stereocenters. The van der Waals surface area contributed by atoms with Crippen LogP contribution in [0.3, 0.4) is 0 Å². The molecule has 0 heterocycles. The Morgan fingerprint density at radius 3 is 2.12 bits per heavy atom. The lowest BCUT2D eigenvalue weighted by Crippen LogP contribution is -2.51. The van der Waals surface area contributed by atoms with Gasteiger partial charge in [-0.1, -0.05) is 49.7 Å². The Hall–Kier alpha value is -2.87. The third kappa shape index (κ3) is 6.53. The fourth-order valence-corrected chi connectivity index (χ4v) is 9.00. The number of carbonyl (C=O) groups excluding carboxylic acids is 2. The van der Waals surface area contributed by atoms with Crippen LogP contribution in [0, 0.1) is 24.7 Å². The monoisotopic (exact) mass is 593 g/mol. The van der Waals surface area contributed by atoms with Gasteiger partial charge < -0.3 is 10.2 Å². The van der Waals surface area contributed by atoms with Crippen molar-refractivity contribution in [1.29, 1.82) is 0 Å². The summed E-state index contributed by atoms with van der Waals surface area (Å²) in [5.41, 5.74) is 3.93. The van der Waals surface area contributed by atoms with Crippen LogP contribution < -0.4 is 9.62 Å². The molecule has 7 nitrogen and oxygen atoms in total. The van der Waals surface area contributed by atoms with Crippen molar-refractivity contribution < 1.29 is 18.0 Å². The maximum absolute atomic E-state index is 13.9. The van der Waals surface area contributed by atoms with Crippen molar-refractivity contribution in [3.63, 3.8) is 0 Å². The van der Waals surface area contributed by atoms with Gasteiger partial charge in [0.2, 0.25) is 21.8 Å². The predicted octanol–water partition coefficient (Wildman–Crippen LogP) is 5.56. The molecule has 42 heavy (non-hydrogen) atoms. The van der Waals surface area contributed by atoms with Crippen LogP contribution in [0.15, 0.2) is 48.5 Å². The molecule has 0 radical (unpaired) electrons. The summed E-state index contributed by atoms with van der Waals surface area (Å²) < 4.78 is 27.3. The molecule has 0 unspecified atom stereocenters. The normalized spacial score (nSPS) is 25.2. The summed E-state index contributed by atoms with van der Waals surface area (Å²) in [4.78, 5) is 28.5. The second kappa shape index (κ2) is 12.4. The number of amides is 2. The maximum atomic E-state index is 13.9. The lowest BCUT2D eigenvalue weighted by atomic mass is 9.48. The average Bonchev–Trinajstić information content (AvgIpc) is 2.94. The summed E-state index contributed by atoms with van der Waals surface area (Å²) in [6.45, 7) is 6.13. The number of aryl methyl sites for hydroxylation is 1. The molecule has 4 saturated carbocycles. The van der Waals surface area contributed by atoms with Crippen LogP contribution in [0.2, 0.25) is 0 Å². The van der Waals surface area contributed by atoms with Crippen LogP contribution in [-0.2, 0) is 31.6 Å². The molecule has 2 aromatic rings. The van der Waals surface area contributed by atoms with Gasteiger partial charge in [0, 0.05) is 13.1 Å². The maximum Gasteiger partial charge on any atom is 0.244 e. The summed E-state index contributed by atoms with van der Waals surface area (Å²) in [6.07, 6.45) is 10.8. The van der Waals surface area contributed by atoms with Crippen LogP contribution in [0.4, 0.5) is 5.69 Å². The second-order valence-electron chi connectivity index (χ2n) is 13.3. The van der Waals surface area contributed by atoms with E-state index in [2.05, 4.69) is 24.4 Å². The fourth-order valence-electron chi connectivity index (χ4n) is 8.15. The minimum atomic E-state index is -3.76. The van der Waals surface area contributed by atoms with E-state index in [1.165, 1.54) is 53.3 Å². The minimum Gasteiger partial charge on any atom is -0.354 e. The van der Waals surface area contributed by atoms with Gasteiger partial charge in [-0.3, -0.25) is 13.9 Å². The molecule has 0 aromatic heterocycles. The molecule has 228 valence electrons. The summed E-state index contributed by atoms with van der Waals surface area (Å²) in [6, 6.07) is 14.9. The zero-order valence-electron chi connectivity index (χ0n) is 25.6. The molecule has 2 amide bonds. The molecule has 6 rings (SSSR count). The number of unbranched alkanes of at least 4 members (excludes halogenated alkanes) is 1. The number of nitrogens with one attached hydrogen (secondary N) is 1. The van der Waals surface area contributed by atoms with Crippen LogP contribution in [-0.4, -0.2) is 50.5 Å². The molecule has 0 spiro atoms. The molecular formula is C34H47N3O4S. The quantitative estimate of drug-likeness (QED) is 0.327. The SMILES string of the molecule is CCCCNC(=O)[C@@H](C)N(Cc1ccccc1C)C(=O)CN(c1ccc(C23CC4CC(CC(C4)C2)C3)cc1)S(C)(=O)=O. The van der Waals surface area contributed by atoms with Crippen LogP contribution >= 0.6 is 0 Å². The van der Waals surface area contributed by atoms with Gasteiger partial charge in [0.15, 0.2) is 0 Å². The van der Waals surface area contributed by atoms with E-state index in [1.54, 1.807) is 6.92 Å². The Morgan fingerprint density at radius 2 is 1.57 bits per heavy atom. The Balaban J connectivity index is 1.37. The standard InChI is InChI=1S/C34H47N3O4S/c1-5-6-15-35-33(39)25(3)36(22-29-10-8-7-9-24(29)2)32(38)23-37(42(4,40)41)31-13-11-30(12-14-31)34-19-26-16-27(20-34)18-28(17-26)21-34/h7-14,25-28H,5-6,15-23H2,1-4H3,(H,35,39)/t25-,26?,27?,28?,34?/m1/s1. The number of sulfonamides is 1. The smallest absolute Gasteiger partial charge is 0.244 e. The van der Waals surface area contributed by atoms with Gasteiger partial charge >= 0.3 is 0 Å². The lowest BCUT2D eigenvalue weighted by molar-refractivity contribution is -0.139. The number of nitrogens with zero attached hydrogens (tertiary/aromatic N) is 2. The van der Waals surface area contributed by atoms with Crippen molar-refractivity contribution in [2.45, 2.75) is 90.1 Å². The molecule has 1 N–H and O–H groups in total. The van der Waals surface area contributed by atoms with E-state index in [9.17, 15) is 18.0 Å². The van der Waals surface area contributed by atoms with Gasteiger partial charge in [0.05, 0.1) is 11.9 Å². The first kappa shape index (κ1) is 30.6. The van der Waals surface area contributed by atoms with Crippen molar-refractivity contribution in [2.75, 3.05) is 23.7 Å². The van der Waals surface area contributed by atoms with Crippen molar-refractivity contribution >= 4 is 27.5 Å². The van der Waals surface area contributed by atoms with Gasteiger partial charge in [0.25, 0.3) is 0 Å². The topological polar surface area (TPSA) is 86.8 Å². The first-order chi connectivity index (χ1) is 20.0. The zero-order valence-corrected chi connectivity index (χ0v) is 26.5. The number of hydrogen-bond acceptors (Lipinski definition) is 4. The molecule has 0 aliphatic heterocycles. The molecule has 4 aliphatic rings. The van der Waals surface area contributed by atoms with Crippen molar-refractivity contribution in [3.8, 4) is 0 Å². The fraction of sp³-hybridized carbons (Fsp3) is 0.588. The molecule has 4 fully saturated rings. The number of anilines is 1. The average molecular weight is 594 g/mol. The van der Waals surface area contributed by atoms with Crippen LogP contribution in [0.1, 0.15) is 81.9 Å². The van der Waals surface area contributed by atoms with Gasteiger partial charge in [-0.05, 0) is 111 Å². The zero-order chi connectivity index (χ0) is 30.1. The largest absolute Gasteiger partial charge is 0.354 e. The van der Waals surface area contributed by atoms with Crippen molar-refractivity contribution in [2.24, 2.45) is 17.8 Å². The third-order valence-corrected chi connectivity index (χ3v) is 11.2. The molecule has 8 heteroatoms. The van der Waals surface area contributed by atoms with Crippen molar-refractivity contribution in [1.82, 2.24) is 10.2 Å². The Morgan fingerprint density at radius 1 is 0.976 bits per heavy atom. The first-order valence-corrected chi connectivity index (χ1v) is 17.5. The van der Waals surface area contributed by atoms with Crippen molar-refractivity contribution in [3.05, 3.63) is 65.2 Å². The van der Waals surface area contributed by atoms with Gasteiger partial charge in [0.1, 0.15) is 12.6 Å². The number of rotatable bonds is 12. The minimum absolute atomic E-state index is 0.212. The predicted molar refractivity (Wildman–Crippen MR) is 168 cm³/mol. The number of carbonyl (C=O) groups is 2. The Labute approximate surface area is 252 Å². The molecule has 2 aromatic carbocycles. The van der Waals surface area contributed by atoms with E-state index in [-0.39, 0.29) is 24.4 Å². The molecular weight excluding hydrogens is 546 g/mol. The highest BCUT2D eigenvalue weighted by molar-refractivity contribution is 7.92. The highest BCUT2D eigenvalue weighted by Crippen LogP contribution is 2.60. The molecule has 4 aliphatic carbocycles. The van der Waals surface area contributed by atoms with Crippen LogP contribution in [0.5, 0.6) is 0 Å². The number of hydrogen-bond donors (Lipinski definition) is 1. The van der Waals surface area contributed by atoms with Gasteiger partial charge in [-0.25, -0.2) is 8.42 Å². The van der Waals surface area contributed by atoms with Gasteiger partial charge in [-0.2, -0.15) is 0 Å². The Bertz CT molecular complexity index is 1350. The lowest BCUT2D eigenvalue weighted by Gasteiger charge is -2.57. The van der Waals surface area contributed by atoms with E-state index >= 15 is 0 Å². The van der Waals surface area contributed by atoms with Crippen LogP contribution in [0.25, 0.3) is 0 Å². The Kier molecular flexibility index (Phi) is 9.02. The summed E-state index contributed by atoms with van der Waals surface area (Å²) in [5, 5.41) is 2.93. The van der Waals surface area contributed by atoms with E-state index < -0.39 is 22.0 Å². The summed E-state index contributed by atoms with van der Waals surface area (Å²) in [7, 11) is -3.76. The van der Waals surface area contributed by atoms with E-state index in [1.807, 2.05) is 43.3 Å². The highest BCUT2D eigenvalue weighted by atomic mass is 32.2. The third-order valence-electron chi connectivity index (χ3n) is 10.1. The van der Waals surface area contributed by atoms with E-state index in [0.29, 0.717) is 12.2 Å². The van der Waals surface area contributed by atoms with Gasteiger partial charge in [-0.15, -0.1) is 0 Å². The summed E-state index contributed by atoms with van der Waals surface area (Å²) in [5.74, 6) is 1.81. The molecule has 4 bridgehead atoms. The first-order valence-electron chi connectivity index (χ1n) is 15.7.